The third-order valence-corrected chi connectivity index (χ3v) is 8.85. The van der Waals surface area contributed by atoms with E-state index >= 15 is 0 Å². The van der Waals surface area contributed by atoms with Crippen molar-refractivity contribution in [2.45, 2.75) is 18.6 Å². The molecule has 3 aromatic carbocycles. The lowest BCUT2D eigenvalue weighted by Gasteiger charge is -2.16. The molecular formula is C32H27N3O4S. The highest BCUT2D eigenvalue weighted by Gasteiger charge is 2.25. The van der Waals surface area contributed by atoms with E-state index in [0.717, 1.165) is 33.5 Å². The second-order valence-corrected chi connectivity index (χ2v) is 12.1. The van der Waals surface area contributed by atoms with Crippen molar-refractivity contribution >= 4 is 20.9 Å². The molecule has 5 aromatic rings. The van der Waals surface area contributed by atoms with Crippen molar-refractivity contribution in [1.82, 2.24) is 8.54 Å². The first kappa shape index (κ1) is 25.7. The van der Waals surface area contributed by atoms with Crippen LogP contribution in [0.3, 0.4) is 0 Å². The maximum absolute atomic E-state index is 13.5. The van der Waals surface area contributed by atoms with Gasteiger partial charge in [-0.25, -0.2) is 12.4 Å². The number of nitriles is 1. The van der Waals surface area contributed by atoms with Gasteiger partial charge in [0.25, 0.3) is 5.56 Å². The topological polar surface area (TPSA) is 94.1 Å². The van der Waals surface area contributed by atoms with Crippen LogP contribution in [0.5, 0.6) is 5.75 Å². The Morgan fingerprint density at radius 1 is 0.950 bits per heavy atom. The van der Waals surface area contributed by atoms with Crippen LogP contribution in [0.15, 0.2) is 96.1 Å². The number of fused-ring (bicyclic) bond motifs is 1. The summed E-state index contributed by atoms with van der Waals surface area (Å²) in [7, 11) is -2.25. The SMILES string of the molecule is Cn1cc(-c2cc(-c3cccc(C#N)c3)ccc2OCC2CC2)c2ccn(S(=O)(=O)Cc3ccccc3)c2c1=O. The Morgan fingerprint density at radius 2 is 1.73 bits per heavy atom. The quantitative estimate of drug-likeness (QED) is 0.247. The second kappa shape index (κ2) is 10.2. The Balaban J connectivity index is 1.53. The number of ether oxygens (including phenoxy) is 1. The van der Waals surface area contributed by atoms with Crippen LogP contribution in [-0.4, -0.2) is 23.6 Å². The molecule has 0 unspecified atom stereocenters. The van der Waals surface area contributed by atoms with Crippen molar-refractivity contribution in [2.75, 3.05) is 6.61 Å². The summed E-state index contributed by atoms with van der Waals surface area (Å²) in [4.78, 5) is 13.4. The normalized spacial score (nSPS) is 13.3. The molecule has 0 N–H and O–H groups in total. The predicted molar refractivity (Wildman–Crippen MR) is 155 cm³/mol. The summed E-state index contributed by atoms with van der Waals surface area (Å²) in [5, 5.41) is 9.92. The summed E-state index contributed by atoms with van der Waals surface area (Å²) in [6.45, 7) is 0.595. The molecule has 2 heterocycles. The number of rotatable bonds is 8. The molecule has 40 heavy (non-hydrogen) atoms. The summed E-state index contributed by atoms with van der Waals surface area (Å²) in [6, 6.07) is 26.0. The molecule has 0 bridgehead atoms. The molecule has 0 amide bonds. The van der Waals surface area contributed by atoms with Gasteiger partial charge in [-0.05, 0) is 65.8 Å². The molecule has 1 saturated carbocycles. The Kier molecular flexibility index (Phi) is 6.53. The molecule has 200 valence electrons. The van der Waals surface area contributed by atoms with Gasteiger partial charge in [-0.2, -0.15) is 5.26 Å². The lowest BCUT2D eigenvalue weighted by atomic mass is 9.96. The second-order valence-electron chi connectivity index (χ2n) is 10.2. The Labute approximate surface area is 232 Å². The van der Waals surface area contributed by atoms with Crippen molar-refractivity contribution < 1.29 is 13.2 Å². The van der Waals surface area contributed by atoms with Crippen molar-refractivity contribution in [3.8, 4) is 34.1 Å². The molecule has 2 aromatic heterocycles. The fourth-order valence-corrected chi connectivity index (χ4v) is 6.39. The van der Waals surface area contributed by atoms with Gasteiger partial charge in [-0.15, -0.1) is 0 Å². The van der Waals surface area contributed by atoms with Crippen LogP contribution >= 0.6 is 0 Å². The van der Waals surface area contributed by atoms with Gasteiger partial charge in [0.1, 0.15) is 11.3 Å². The monoisotopic (exact) mass is 549 g/mol. The van der Waals surface area contributed by atoms with Crippen molar-refractivity contribution in [3.05, 3.63) is 113 Å². The number of benzene rings is 3. The third kappa shape index (κ3) is 4.92. The zero-order valence-electron chi connectivity index (χ0n) is 21.9. The fraction of sp³-hybridized carbons (Fsp3) is 0.188. The Bertz CT molecular complexity index is 1950. The van der Waals surface area contributed by atoms with Crippen LogP contribution in [-0.2, 0) is 22.8 Å². The molecule has 1 aliphatic carbocycles. The number of aromatic nitrogens is 2. The van der Waals surface area contributed by atoms with Gasteiger partial charge in [0.2, 0.25) is 10.0 Å². The van der Waals surface area contributed by atoms with Crippen LogP contribution in [0.1, 0.15) is 24.0 Å². The van der Waals surface area contributed by atoms with E-state index in [2.05, 4.69) is 6.07 Å². The maximum atomic E-state index is 13.5. The first-order valence-electron chi connectivity index (χ1n) is 13.1. The van der Waals surface area contributed by atoms with Crippen LogP contribution in [0.25, 0.3) is 33.2 Å². The highest BCUT2D eigenvalue weighted by molar-refractivity contribution is 7.89. The van der Waals surface area contributed by atoms with E-state index in [1.54, 1.807) is 49.6 Å². The van der Waals surface area contributed by atoms with E-state index in [4.69, 9.17) is 4.74 Å². The summed E-state index contributed by atoms with van der Waals surface area (Å²) in [5.41, 5.74) is 4.08. The zero-order valence-corrected chi connectivity index (χ0v) is 22.8. The molecule has 8 heteroatoms. The molecule has 0 spiro atoms. The minimum atomic E-state index is -3.88. The number of hydrogen-bond acceptors (Lipinski definition) is 5. The molecule has 1 fully saturated rings. The summed E-state index contributed by atoms with van der Waals surface area (Å²) in [5.74, 6) is 0.960. The summed E-state index contributed by atoms with van der Waals surface area (Å²) >= 11 is 0. The van der Waals surface area contributed by atoms with Crippen LogP contribution in [0.4, 0.5) is 0 Å². The standard InChI is InChI=1S/C32H27N3O4S/c1-34-19-29(27-14-15-35(31(27)32(34)36)40(37,38)21-23-6-3-2-4-7-23)28-17-26(25-9-5-8-24(16-25)18-33)12-13-30(28)39-20-22-10-11-22/h2-9,12-17,19,22H,10-11,20-21H2,1H3. The molecule has 0 saturated heterocycles. The summed E-state index contributed by atoms with van der Waals surface area (Å²) < 4.78 is 35.8. The zero-order chi connectivity index (χ0) is 27.9. The fourth-order valence-electron chi connectivity index (χ4n) is 4.94. The van der Waals surface area contributed by atoms with Gasteiger partial charge in [0.15, 0.2) is 0 Å². The minimum absolute atomic E-state index is 0.0981. The minimum Gasteiger partial charge on any atom is -0.493 e. The molecule has 0 radical (unpaired) electrons. The summed E-state index contributed by atoms with van der Waals surface area (Å²) in [6.07, 6.45) is 5.47. The van der Waals surface area contributed by atoms with Gasteiger partial charge in [0.05, 0.1) is 24.0 Å². The van der Waals surface area contributed by atoms with E-state index in [1.807, 2.05) is 42.5 Å². The van der Waals surface area contributed by atoms with Crippen LogP contribution in [0, 0.1) is 17.2 Å². The number of hydrogen-bond donors (Lipinski definition) is 0. The van der Waals surface area contributed by atoms with E-state index in [9.17, 15) is 18.5 Å². The molecule has 7 nitrogen and oxygen atoms in total. The number of aryl methyl sites for hydroxylation is 1. The van der Waals surface area contributed by atoms with Crippen molar-refractivity contribution in [1.29, 1.82) is 5.26 Å². The lowest BCUT2D eigenvalue weighted by Crippen LogP contribution is -2.23. The molecule has 6 rings (SSSR count). The number of nitrogens with zero attached hydrogens (tertiary/aromatic N) is 3. The highest BCUT2D eigenvalue weighted by atomic mass is 32.2. The van der Waals surface area contributed by atoms with E-state index < -0.39 is 15.6 Å². The van der Waals surface area contributed by atoms with E-state index in [0.29, 0.717) is 40.4 Å². The Hall–Kier alpha value is -4.61. The predicted octanol–water partition coefficient (Wildman–Crippen LogP) is 5.71. The van der Waals surface area contributed by atoms with Gasteiger partial charge >= 0.3 is 0 Å². The lowest BCUT2D eigenvalue weighted by molar-refractivity contribution is 0.301. The molecular weight excluding hydrogens is 522 g/mol. The average molecular weight is 550 g/mol. The average Bonchev–Trinajstić information content (AvgIpc) is 3.68. The van der Waals surface area contributed by atoms with Gasteiger partial charge in [0, 0.05) is 36.0 Å². The van der Waals surface area contributed by atoms with Crippen LogP contribution < -0.4 is 10.3 Å². The van der Waals surface area contributed by atoms with Gasteiger partial charge in [-0.3, -0.25) is 4.79 Å². The van der Waals surface area contributed by atoms with Crippen molar-refractivity contribution in [2.24, 2.45) is 13.0 Å². The third-order valence-electron chi connectivity index (χ3n) is 7.25. The molecule has 1 aliphatic rings. The Morgan fingerprint density at radius 3 is 2.48 bits per heavy atom. The van der Waals surface area contributed by atoms with Crippen LogP contribution in [0.2, 0.25) is 0 Å². The smallest absolute Gasteiger partial charge is 0.275 e. The van der Waals surface area contributed by atoms with E-state index in [-0.39, 0.29) is 11.3 Å². The number of pyridine rings is 1. The molecule has 0 aliphatic heterocycles. The first-order chi connectivity index (χ1) is 19.3. The van der Waals surface area contributed by atoms with Crippen molar-refractivity contribution in [3.63, 3.8) is 0 Å². The van der Waals surface area contributed by atoms with E-state index in [1.165, 1.54) is 10.8 Å². The molecule has 0 atom stereocenters. The largest absolute Gasteiger partial charge is 0.493 e. The highest BCUT2D eigenvalue weighted by Crippen LogP contribution is 2.39. The first-order valence-corrected chi connectivity index (χ1v) is 14.7. The van der Waals surface area contributed by atoms with Gasteiger partial charge < -0.3 is 9.30 Å². The maximum Gasteiger partial charge on any atom is 0.275 e. The van der Waals surface area contributed by atoms with Gasteiger partial charge in [-0.1, -0.05) is 48.5 Å².